The number of hydrogen-bond acceptors (Lipinski definition) is 4. The Morgan fingerprint density at radius 2 is 1.74 bits per heavy atom. The molecule has 1 rings (SSSR count). The first-order valence-electron chi connectivity index (χ1n) is 5.50. The first-order valence-corrected chi connectivity index (χ1v) is 8.18. The van der Waals surface area contributed by atoms with Gasteiger partial charge in [0.2, 0.25) is 0 Å². The molecule has 0 unspecified atom stereocenters. The van der Waals surface area contributed by atoms with Gasteiger partial charge < -0.3 is 5.11 Å². The molecule has 0 saturated heterocycles. The van der Waals surface area contributed by atoms with Crippen molar-refractivity contribution in [1.82, 2.24) is 4.72 Å². The second kappa shape index (κ2) is 4.96. The van der Waals surface area contributed by atoms with Crippen molar-refractivity contribution < 1.29 is 17.9 Å². The van der Waals surface area contributed by atoms with Crippen LogP contribution in [0.15, 0.2) is 4.21 Å². The topological polar surface area (TPSA) is 66.4 Å². The van der Waals surface area contributed by atoms with E-state index in [1.165, 1.54) is 13.8 Å². The van der Waals surface area contributed by atoms with Crippen LogP contribution in [-0.4, -0.2) is 19.1 Å². The predicted molar refractivity (Wildman–Crippen MR) is 74.6 cm³/mol. The van der Waals surface area contributed by atoms with Crippen molar-refractivity contribution in [1.29, 1.82) is 0 Å². The lowest BCUT2D eigenvalue weighted by molar-refractivity contribution is 0.0749. The summed E-state index contributed by atoms with van der Waals surface area (Å²) in [5.74, 6) is -1.00. The fourth-order valence-electron chi connectivity index (χ4n) is 1.50. The lowest BCUT2D eigenvalue weighted by atomic mass is 10.0. The van der Waals surface area contributed by atoms with Crippen LogP contribution in [0.1, 0.15) is 40.2 Å². The molecule has 110 valence electrons. The van der Waals surface area contributed by atoms with Crippen LogP contribution < -0.4 is 4.72 Å². The van der Waals surface area contributed by atoms with Crippen molar-refractivity contribution >= 4 is 33.0 Å². The van der Waals surface area contributed by atoms with E-state index in [1.54, 1.807) is 20.8 Å². The number of sulfonamides is 1. The molecule has 0 fully saturated rings. The Morgan fingerprint density at radius 3 is 2.05 bits per heavy atom. The Hall–Kier alpha value is -0.210. The first-order chi connectivity index (χ1) is 8.26. The second-order valence-electron chi connectivity index (χ2n) is 5.77. The van der Waals surface area contributed by atoms with Crippen LogP contribution in [0.5, 0.6) is 0 Å². The maximum atomic E-state index is 14.2. The molecule has 0 radical (unpaired) electrons. The summed E-state index contributed by atoms with van der Waals surface area (Å²) in [6.07, 6.45) is 0. The van der Waals surface area contributed by atoms with Gasteiger partial charge in [0.15, 0.2) is 10.0 Å². The number of halogens is 2. The van der Waals surface area contributed by atoms with Gasteiger partial charge in [-0.2, -0.15) is 0 Å². The highest BCUT2D eigenvalue weighted by molar-refractivity contribution is 7.91. The molecule has 2 N–H and O–H groups in total. The number of thiophene rings is 1. The van der Waals surface area contributed by atoms with Crippen molar-refractivity contribution in [3.8, 4) is 0 Å². The fraction of sp³-hybridized carbons (Fsp3) is 0.636. The van der Waals surface area contributed by atoms with Gasteiger partial charge in [0.25, 0.3) is 10.0 Å². The highest BCUT2D eigenvalue weighted by atomic mass is 35.5. The Morgan fingerprint density at radius 1 is 1.26 bits per heavy atom. The molecule has 0 saturated carbocycles. The van der Waals surface area contributed by atoms with Crippen LogP contribution in [0.4, 0.5) is 4.39 Å². The quantitative estimate of drug-likeness (QED) is 0.896. The zero-order chi connectivity index (χ0) is 15.2. The summed E-state index contributed by atoms with van der Waals surface area (Å²) in [4.78, 5) is 0. The highest BCUT2D eigenvalue weighted by Crippen LogP contribution is 2.40. The van der Waals surface area contributed by atoms with E-state index < -0.39 is 31.2 Å². The molecule has 1 aromatic rings. The SMILES string of the molecule is CC(C)(C)NS(=O)(=O)c1sc(Cl)c(C(C)(C)O)c1F. The molecular formula is C11H17ClFNO3S2. The van der Waals surface area contributed by atoms with E-state index in [1.807, 2.05) is 0 Å². The van der Waals surface area contributed by atoms with E-state index in [-0.39, 0.29) is 9.90 Å². The molecule has 0 amide bonds. The van der Waals surface area contributed by atoms with Crippen molar-refractivity contribution in [3.63, 3.8) is 0 Å². The van der Waals surface area contributed by atoms with Gasteiger partial charge >= 0.3 is 0 Å². The lowest BCUT2D eigenvalue weighted by Gasteiger charge is -2.20. The van der Waals surface area contributed by atoms with Gasteiger partial charge in [-0.25, -0.2) is 17.5 Å². The normalized spacial score (nSPS) is 13.9. The van der Waals surface area contributed by atoms with Crippen LogP contribution in [0.2, 0.25) is 4.34 Å². The standard InChI is InChI=1S/C11H17ClFNO3S2/c1-10(2,3)14-19(16,17)9-7(13)6(8(12)18-9)11(4,5)15/h14-15H,1-5H3. The molecule has 0 aliphatic rings. The zero-order valence-electron chi connectivity index (χ0n) is 11.3. The van der Waals surface area contributed by atoms with E-state index in [2.05, 4.69) is 4.72 Å². The molecule has 4 nitrogen and oxygen atoms in total. The molecule has 0 bridgehead atoms. The Labute approximate surface area is 121 Å². The Kier molecular flexibility index (Phi) is 4.40. The average Bonchev–Trinajstić information content (AvgIpc) is 2.36. The largest absolute Gasteiger partial charge is 0.386 e. The smallest absolute Gasteiger partial charge is 0.253 e. The maximum absolute atomic E-state index is 14.2. The summed E-state index contributed by atoms with van der Waals surface area (Å²) in [5.41, 5.74) is -2.49. The number of aliphatic hydroxyl groups is 1. The summed E-state index contributed by atoms with van der Waals surface area (Å²) in [6, 6.07) is 0. The van der Waals surface area contributed by atoms with Crippen molar-refractivity contribution in [2.75, 3.05) is 0 Å². The molecule has 0 spiro atoms. The summed E-state index contributed by atoms with van der Waals surface area (Å²) >= 11 is 6.43. The number of rotatable bonds is 3. The average molecular weight is 330 g/mol. The molecular weight excluding hydrogens is 313 g/mol. The van der Waals surface area contributed by atoms with Crippen LogP contribution in [0, 0.1) is 5.82 Å². The van der Waals surface area contributed by atoms with E-state index >= 15 is 0 Å². The molecule has 19 heavy (non-hydrogen) atoms. The molecule has 8 heteroatoms. The monoisotopic (exact) mass is 329 g/mol. The van der Waals surface area contributed by atoms with Crippen LogP contribution in [0.25, 0.3) is 0 Å². The minimum absolute atomic E-state index is 0.0701. The van der Waals surface area contributed by atoms with Crippen molar-refractivity contribution in [3.05, 3.63) is 15.7 Å². The molecule has 0 aliphatic heterocycles. The minimum Gasteiger partial charge on any atom is -0.386 e. The van der Waals surface area contributed by atoms with E-state index in [0.717, 1.165) is 0 Å². The predicted octanol–water partition coefficient (Wildman–Crippen LogP) is 2.84. The highest BCUT2D eigenvalue weighted by Gasteiger charge is 2.35. The van der Waals surface area contributed by atoms with Gasteiger partial charge in [-0.3, -0.25) is 0 Å². The van der Waals surface area contributed by atoms with Gasteiger partial charge in [-0.05, 0) is 34.6 Å². The van der Waals surface area contributed by atoms with Gasteiger partial charge in [-0.15, -0.1) is 11.3 Å². The lowest BCUT2D eigenvalue weighted by Crippen LogP contribution is -2.40. The number of hydrogen-bond donors (Lipinski definition) is 2. The third-order valence-corrected chi connectivity index (χ3v) is 5.70. The molecule has 1 aromatic heterocycles. The summed E-state index contributed by atoms with van der Waals surface area (Å²) in [7, 11) is -4.01. The first kappa shape index (κ1) is 16.8. The fourth-order valence-corrected chi connectivity index (χ4v) is 5.03. The number of nitrogens with one attached hydrogen (secondary N) is 1. The Balaban J connectivity index is 3.40. The second-order valence-corrected chi connectivity index (χ2v) is 9.27. The van der Waals surface area contributed by atoms with Gasteiger partial charge in [0.1, 0.15) is 4.34 Å². The molecule has 1 heterocycles. The molecule has 0 atom stereocenters. The van der Waals surface area contributed by atoms with Crippen LogP contribution in [-0.2, 0) is 15.6 Å². The van der Waals surface area contributed by atoms with Gasteiger partial charge in [-0.1, -0.05) is 11.6 Å². The van der Waals surface area contributed by atoms with Crippen LogP contribution >= 0.6 is 22.9 Å². The molecule has 0 aromatic carbocycles. The van der Waals surface area contributed by atoms with E-state index in [9.17, 15) is 17.9 Å². The van der Waals surface area contributed by atoms with E-state index in [0.29, 0.717) is 11.3 Å². The summed E-state index contributed by atoms with van der Waals surface area (Å²) in [5, 5.41) is 9.83. The maximum Gasteiger partial charge on any atom is 0.253 e. The van der Waals surface area contributed by atoms with Crippen LogP contribution in [0.3, 0.4) is 0 Å². The Bertz CT molecular complexity index is 582. The van der Waals surface area contributed by atoms with Gasteiger partial charge in [0, 0.05) is 11.1 Å². The third kappa shape index (κ3) is 3.88. The summed E-state index contributed by atoms with van der Waals surface area (Å²) < 4.78 is 40.1. The van der Waals surface area contributed by atoms with Crippen molar-refractivity contribution in [2.45, 2.75) is 50.0 Å². The minimum atomic E-state index is -4.01. The van der Waals surface area contributed by atoms with E-state index in [4.69, 9.17) is 11.6 Å². The third-order valence-electron chi connectivity index (χ3n) is 2.07. The zero-order valence-corrected chi connectivity index (χ0v) is 13.7. The van der Waals surface area contributed by atoms with Gasteiger partial charge in [0.05, 0.1) is 5.60 Å². The summed E-state index contributed by atoms with van der Waals surface area (Å²) in [6.45, 7) is 7.63. The van der Waals surface area contributed by atoms with Crippen molar-refractivity contribution in [2.24, 2.45) is 0 Å². The molecule has 0 aliphatic carbocycles.